The lowest BCUT2D eigenvalue weighted by Crippen LogP contribution is -2.49. The van der Waals surface area contributed by atoms with Gasteiger partial charge in [0.05, 0.1) is 19.3 Å². The summed E-state index contributed by atoms with van der Waals surface area (Å²) in [4.78, 5) is 6.57. The summed E-state index contributed by atoms with van der Waals surface area (Å²) in [6.45, 7) is 2.64. The average Bonchev–Trinajstić information content (AvgIpc) is 2.82. The lowest BCUT2D eigenvalue weighted by Gasteiger charge is -2.33. The van der Waals surface area contributed by atoms with Crippen molar-refractivity contribution in [3.05, 3.63) is 24.3 Å². The highest BCUT2D eigenvalue weighted by molar-refractivity contribution is 5.74. The Morgan fingerprint density at radius 1 is 1.41 bits per heavy atom. The molecule has 2 heterocycles. The van der Waals surface area contributed by atoms with E-state index in [0.29, 0.717) is 25.8 Å². The van der Waals surface area contributed by atoms with E-state index in [4.69, 9.17) is 14.9 Å². The van der Waals surface area contributed by atoms with E-state index in [1.54, 1.807) is 0 Å². The molecule has 1 fully saturated rings. The van der Waals surface area contributed by atoms with Gasteiger partial charge in [0.25, 0.3) is 6.01 Å². The van der Waals surface area contributed by atoms with E-state index in [1.165, 1.54) is 0 Å². The molecule has 5 heteroatoms. The van der Waals surface area contributed by atoms with Gasteiger partial charge >= 0.3 is 0 Å². The fraction of sp³-hybridized carbons (Fsp3) is 0.417. The summed E-state index contributed by atoms with van der Waals surface area (Å²) in [5.41, 5.74) is 7.42. The van der Waals surface area contributed by atoms with E-state index in [1.807, 2.05) is 24.3 Å². The van der Waals surface area contributed by atoms with Gasteiger partial charge in [0.15, 0.2) is 5.58 Å². The molecular weight excluding hydrogens is 218 g/mol. The van der Waals surface area contributed by atoms with Gasteiger partial charge in [0, 0.05) is 13.1 Å². The van der Waals surface area contributed by atoms with Crippen LogP contribution in [-0.4, -0.2) is 37.3 Å². The normalized spacial score (nSPS) is 21.0. The first-order chi connectivity index (χ1) is 8.38. The van der Waals surface area contributed by atoms with Gasteiger partial charge in [-0.2, -0.15) is 4.98 Å². The molecule has 0 radical (unpaired) electrons. The number of ether oxygens (including phenoxy) is 1. The third-order valence-corrected chi connectivity index (χ3v) is 3.03. The topological polar surface area (TPSA) is 64.5 Å². The minimum Gasteiger partial charge on any atom is -0.423 e. The Bertz CT molecular complexity index is 478. The second-order valence-corrected chi connectivity index (χ2v) is 4.12. The van der Waals surface area contributed by atoms with Crippen LogP contribution in [0.5, 0.6) is 0 Å². The van der Waals surface area contributed by atoms with Crippen LogP contribution >= 0.6 is 0 Å². The van der Waals surface area contributed by atoms with Crippen molar-refractivity contribution in [1.29, 1.82) is 0 Å². The Morgan fingerprint density at radius 3 is 3.12 bits per heavy atom. The first-order valence-electron chi connectivity index (χ1n) is 5.78. The van der Waals surface area contributed by atoms with Crippen LogP contribution in [-0.2, 0) is 4.74 Å². The van der Waals surface area contributed by atoms with Crippen molar-refractivity contribution in [3.8, 4) is 0 Å². The number of anilines is 1. The molecule has 1 unspecified atom stereocenters. The van der Waals surface area contributed by atoms with E-state index in [-0.39, 0.29) is 6.04 Å². The summed E-state index contributed by atoms with van der Waals surface area (Å²) in [6, 6.07) is 8.55. The molecule has 1 atom stereocenters. The Kier molecular flexibility index (Phi) is 2.70. The number of fused-ring (bicyclic) bond motifs is 1. The quantitative estimate of drug-likeness (QED) is 0.838. The molecule has 0 bridgehead atoms. The summed E-state index contributed by atoms with van der Waals surface area (Å²) in [5.74, 6) is 0. The lowest BCUT2D eigenvalue weighted by molar-refractivity contribution is 0.0936. The molecule has 1 aliphatic rings. The SMILES string of the molecule is NCC1COCCN1c1nc2ccccc2o1. The fourth-order valence-corrected chi connectivity index (χ4v) is 2.08. The molecule has 0 saturated carbocycles. The number of hydrogen-bond donors (Lipinski definition) is 1. The second-order valence-electron chi connectivity index (χ2n) is 4.12. The number of hydrogen-bond acceptors (Lipinski definition) is 5. The predicted molar refractivity (Wildman–Crippen MR) is 65.0 cm³/mol. The Balaban J connectivity index is 1.96. The van der Waals surface area contributed by atoms with Crippen molar-refractivity contribution in [2.75, 3.05) is 31.2 Å². The monoisotopic (exact) mass is 233 g/mol. The molecule has 1 aromatic carbocycles. The molecule has 2 N–H and O–H groups in total. The molecule has 0 aliphatic carbocycles. The van der Waals surface area contributed by atoms with Crippen LogP contribution in [0.1, 0.15) is 0 Å². The first-order valence-corrected chi connectivity index (χ1v) is 5.78. The molecule has 1 aromatic heterocycles. The Labute approximate surface area is 99.2 Å². The maximum absolute atomic E-state index is 5.74. The zero-order valence-electron chi connectivity index (χ0n) is 9.50. The van der Waals surface area contributed by atoms with Crippen LogP contribution in [0.15, 0.2) is 28.7 Å². The molecule has 0 spiro atoms. The van der Waals surface area contributed by atoms with E-state index >= 15 is 0 Å². The van der Waals surface area contributed by atoms with Crippen molar-refractivity contribution in [1.82, 2.24) is 4.98 Å². The number of nitrogens with zero attached hydrogens (tertiary/aromatic N) is 2. The Morgan fingerprint density at radius 2 is 2.29 bits per heavy atom. The van der Waals surface area contributed by atoms with Crippen molar-refractivity contribution in [2.24, 2.45) is 5.73 Å². The van der Waals surface area contributed by atoms with Crippen molar-refractivity contribution >= 4 is 17.1 Å². The van der Waals surface area contributed by atoms with Gasteiger partial charge in [-0.15, -0.1) is 0 Å². The zero-order chi connectivity index (χ0) is 11.7. The van der Waals surface area contributed by atoms with E-state index in [2.05, 4.69) is 9.88 Å². The number of nitrogens with two attached hydrogens (primary N) is 1. The number of rotatable bonds is 2. The van der Waals surface area contributed by atoms with E-state index < -0.39 is 0 Å². The van der Waals surface area contributed by atoms with Gasteiger partial charge in [-0.1, -0.05) is 12.1 Å². The minimum atomic E-state index is 0.150. The summed E-state index contributed by atoms with van der Waals surface area (Å²) in [5, 5.41) is 0. The summed E-state index contributed by atoms with van der Waals surface area (Å²) in [6.07, 6.45) is 0. The van der Waals surface area contributed by atoms with Crippen LogP contribution < -0.4 is 10.6 Å². The first kappa shape index (κ1) is 10.6. The molecule has 1 saturated heterocycles. The van der Waals surface area contributed by atoms with Crippen LogP contribution in [0.2, 0.25) is 0 Å². The van der Waals surface area contributed by atoms with Gasteiger partial charge in [0.1, 0.15) is 5.52 Å². The van der Waals surface area contributed by atoms with Crippen molar-refractivity contribution in [2.45, 2.75) is 6.04 Å². The van der Waals surface area contributed by atoms with E-state index in [0.717, 1.165) is 17.6 Å². The molecule has 90 valence electrons. The second kappa shape index (κ2) is 4.35. The molecule has 17 heavy (non-hydrogen) atoms. The summed E-state index contributed by atoms with van der Waals surface area (Å²) < 4.78 is 11.2. The number of oxazole rings is 1. The maximum atomic E-state index is 5.74. The highest BCUT2D eigenvalue weighted by atomic mass is 16.5. The van der Waals surface area contributed by atoms with Crippen LogP contribution in [0.4, 0.5) is 6.01 Å². The number of benzene rings is 1. The largest absolute Gasteiger partial charge is 0.423 e. The highest BCUT2D eigenvalue weighted by Gasteiger charge is 2.25. The van der Waals surface area contributed by atoms with Gasteiger partial charge in [0.2, 0.25) is 0 Å². The van der Waals surface area contributed by atoms with Crippen molar-refractivity contribution in [3.63, 3.8) is 0 Å². The maximum Gasteiger partial charge on any atom is 0.298 e. The van der Waals surface area contributed by atoms with Gasteiger partial charge in [-0.3, -0.25) is 0 Å². The zero-order valence-corrected chi connectivity index (χ0v) is 9.50. The summed E-state index contributed by atoms with van der Waals surface area (Å²) in [7, 11) is 0. The smallest absolute Gasteiger partial charge is 0.298 e. The minimum absolute atomic E-state index is 0.150. The molecule has 0 amide bonds. The molecule has 5 nitrogen and oxygen atoms in total. The summed E-state index contributed by atoms with van der Waals surface area (Å²) >= 11 is 0. The van der Waals surface area contributed by atoms with Crippen molar-refractivity contribution < 1.29 is 9.15 Å². The van der Waals surface area contributed by atoms with Gasteiger partial charge in [-0.25, -0.2) is 0 Å². The van der Waals surface area contributed by atoms with Crippen LogP contribution in [0.3, 0.4) is 0 Å². The molecule has 1 aliphatic heterocycles. The van der Waals surface area contributed by atoms with Crippen LogP contribution in [0, 0.1) is 0 Å². The highest BCUT2D eigenvalue weighted by Crippen LogP contribution is 2.24. The lowest BCUT2D eigenvalue weighted by atomic mass is 10.2. The van der Waals surface area contributed by atoms with Gasteiger partial charge in [-0.05, 0) is 12.1 Å². The molecule has 3 rings (SSSR count). The number of para-hydroxylation sites is 2. The van der Waals surface area contributed by atoms with Gasteiger partial charge < -0.3 is 19.8 Å². The third kappa shape index (κ3) is 1.87. The van der Waals surface area contributed by atoms with Crippen LogP contribution in [0.25, 0.3) is 11.1 Å². The number of aromatic nitrogens is 1. The third-order valence-electron chi connectivity index (χ3n) is 3.03. The standard InChI is InChI=1S/C12H15N3O2/c13-7-9-8-16-6-5-15(9)12-14-10-3-1-2-4-11(10)17-12/h1-4,9H,5-8,13H2. The predicted octanol–water partition coefficient (Wildman–Crippen LogP) is 0.992. The average molecular weight is 233 g/mol. The fourth-order valence-electron chi connectivity index (χ4n) is 2.08. The van der Waals surface area contributed by atoms with E-state index in [9.17, 15) is 0 Å². The number of morpholine rings is 1. The molecule has 2 aromatic rings. The molecular formula is C12H15N3O2. The Hall–Kier alpha value is -1.59.